The van der Waals surface area contributed by atoms with Crippen LogP contribution in [0.1, 0.15) is 26.7 Å². The van der Waals surface area contributed by atoms with Crippen molar-refractivity contribution in [3.05, 3.63) is 0 Å². The largest absolute Gasteiger partial charge is 0.391 e. The zero-order valence-electron chi connectivity index (χ0n) is 7.25. The van der Waals surface area contributed by atoms with E-state index in [0.29, 0.717) is 17.3 Å². The molecule has 4 atom stereocenters. The molecule has 0 aromatic rings. The molecule has 11 heavy (non-hydrogen) atoms. The van der Waals surface area contributed by atoms with Gasteiger partial charge >= 0.3 is 0 Å². The van der Waals surface area contributed by atoms with Gasteiger partial charge in [-0.05, 0) is 30.1 Å². The highest BCUT2D eigenvalue weighted by Crippen LogP contribution is 2.56. The molecule has 2 aliphatic rings. The van der Waals surface area contributed by atoms with Crippen LogP contribution in [-0.2, 0) is 0 Å². The van der Waals surface area contributed by atoms with Crippen LogP contribution in [0.4, 0.5) is 0 Å². The molecular formula is C9H17NO. The monoisotopic (exact) mass is 155 g/mol. The molecule has 0 saturated heterocycles. The van der Waals surface area contributed by atoms with Gasteiger partial charge < -0.3 is 10.8 Å². The van der Waals surface area contributed by atoms with Crippen molar-refractivity contribution >= 4 is 0 Å². The highest BCUT2D eigenvalue weighted by atomic mass is 16.3. The molecule has 2 fully saturated rings. The van der Waals surface area contributed by atoms with E-state index in [2.05, 4.69) is 13.8 Å². The second kappa shape index (κ2) is 1.99. The lowest BCUT2D eigenvalue weighted by Gasteiger charge is -2.24. The maximum atomic E-state index is 9.70. The minimum atomic E-state index is -0.233. The van der Waals surface area contributed by atoms with E-state index in [0.717, 1.165) is 0 Å². The number of aliphatic hydroxyl groups is 1. The number of rotatable bonds is 0. The van der Waals surface area contributed by atoms with E-state index < -0.39 is 0 Å². The normalized spacial score (nSPS) is 53.5. The second-order valence-corrected chi connectivity index (χ2v) is 4.68. The standard InChI is InChI=1S/C9H17NO/c1-9(2)5-3-4-6(9)8(11)7(5)10/h5-8,11H,3-4,10H2,1-2H3. The molecule has 0 amide bonds. The predicted molar refractivity (Wildman–Crippen MR) is 44.0 cm³/mol. The van der Waals surface area contributed by atoms with Gasteiger partial charge in [-0.2, -0.15) is 0 Å². The molecule has 2 heteroatoms. The molecule has 4 unspecified atom stereocenters. The molecule has 2 bridgehead atoms. The Morgan fingerprint density at radius 3 is 2.09 bits per heavy atom. The topological polar surface area (TPSA) is 46.2 Å². The minimum Gasteiger partial charge on any atom is -0.391 e. The van der Waals surface area contributed by atoms with Crippen LogP contribution < -0.4 is 5.73 Å². The predicted octanol–water partition coefficient (Wildman–Crippen LogP) is 0.741. The summed E-state index contributed by atoms with van der Waals surface area (Å²) in [4.78, 5) is 0. The van der Waals surface area contributed by atoms with E-state index in [-0.39, 0.29) is 12.1 Å². The minimum absolute atomic E-state index is 0.0451. The van der Waals surface area contributed by atoms with Gasteiger partial charge in [0.15, 0.2) is 0 Å². The van der Waals surface area contributed by atoms with Gasteiger partial charge in [-0.25, -0.2) is 0 Å². The van der Waals surface area contributed by atoms with Crippen LogP contribution in [0, 0.1) is 17.3 Å². The number of aliphatic hydroxyl groups excluding tert-OH is 1. The van der Waals surface area contributed by atoms with Crippen LogP contribution in [-0.4, -0.2) is 17.3 Å². The fourth-order valence-electron chi connectivity index (χ4n) is 3.18. The molecule has 2 nitrogen and oxygen atoms in total. The third-order valence-electron chi connectivity index (χ3n) is 3.97. The summed E-state index contributed by atoms with van der Waals surface area (Å²) in [5.74, 6) is 1.02. The van der Waals surface area contributed by atoms with Crippen LogP contribution >= 0.6 is 0 Å². The number of hydrogen-bond acceptors (Lipinski definition) is 2. The van der Waals surface area contributed by atoms with Gasteiger partial charge in [0, 0.05) is 6.04 Å². The van der Waals surface area contributed by atoms with Gasteiger partial charge in [0.05, 0.1) is 6.10 Å². The highest BCUT2D eigenvalue weighted by Gasteiger charge is 2.57. The Labute approximate surface area is 67.8 Å². The van der Waals surface area contributed by atoms with Crippen LogP contribution in [0.2, 0.25) is 0 Å². The first-order valence-electron chi connectivity index (χ1n) is 4.49. The molecule has 2 rings (SSSR count). The van der Waals surface area contributed by atoms with Gasteiger partial charge in [-0.15, -0.1) is 0 Å². The lowest BCUT2D eigenvalue weighted by Crippen LogP contribution is -2.39. The number of fused-ring (bicyclic) bond motifs is 2. The van der Waals surface area contributed by atoms with Gasteiger partial charge in [0.2, 0.25) is 0 Å². The Kier molecular flexibility index (Phi) is 1.37. The Bertz CT molecular complexity index is 160. The van der Waals surface area contributed by atoms with Crippen molar-refractivity contribution < 1.29 is 5.11 Å². The van der Waals surface area contributed by atoms with E-state index in [1.165, 1.54) is 12.8 Å². The Balaban J connectivity index is 2.31. The van der Waals surface area contributed by atoms with Crippen molar-refractivity contribution in [3.8, 4) is 0 Å². The quantitative estimate of drug-likeness (QED) is 0.542. The molecule has 0 radical (unpaired) electrons. The Hall–Kier alpha value is -0.0800. The molecule has 0 aromatic carbocycles. The molecule has 0 heterocycles. The summed E-state index contributed by atoms with van der Waals surface area (Å²) >= 11 is 0. The molecule has 2 aliphatic carbocycles. The first-order chi connectivity index (χ1) is 5.05. The summed E-state index contributed by atoms with van der Waals surface area (Å²) in [6.07, 6.45) is 2.16. The van der Waals surface area contributed by atoms with Crippen molar-refractivity contribution in [1.82, 2.24) is 0 Å². The van der Waals surface area contributed by atoms with Gasteiger partial charge in [0.25, 0.3) is 0 Å². The first-order valence-corrected chi connectivity index (χ1v) is 4.49. The SMILES string of the molecule is CC1(C)C2CCC1C(O)C2N. The van der Waals surface area contributed by atoms with E-state index in [4.69, 9.17) is 5.73 Å². The van der Waals surface area contributed by atoms with E-state index >= 15 is 0 Å². The summed E-state index contributed by atoms with van der Waals surface area (Å²) in [7, 11) is 0. The summed E-state index contributed by atoms with van der Waals surface area (Å²) in [5, 5.41) is 9.70. The van der Waals surface area contributed by atoms with Crippen LogP contribution in [0.5, 0.6) is 0 Å². The molecule has 64 valence electrons. The molecule has 0 aromatic heterocycles. The fraction of sp³-hybridized carbons (Fsp3) is 1.00. The zero-order valence-corrected chi connectivity index (χ0v) is 7.25. The molecular weight excluding hydrogens is 138 g/mol. The molecule has 3 N–H and O–H groups in total. The van der Waals surface area contributed by atoms with E-state index in [1.807, 2.05) is 0 Å². The third kappa shape index (κ3) is 0.744. The number of hydrogen-bond donors (Lipinski definition) is 2. The molecule has 0 spiro atoms. The maximum Gasteiger partial charge on any atom is 0.0727 e. The maximum absolute atomic E-state index is 9.70. The summed E-state index contributed by atoms with van der Waals surface area (Å²) in [5.41, 5.74) is 6.18. The molecule has 0 aliphatic heterocycles. The zero-order chi connectivity index (χ0) is 8.22. The van der Waals surface area contributed by atoms with Crippen molar-refractivity contribution in [2.45, 2.75) is 38.8 Å². The van der Waals surface area contributed by atoms with Crippen molar-refractivity contribution in [2.24, 2.45) is 23.0 Å². The smallest absolute Gasteiger partial charge is 0.0727 e. The van der Waals surface area contributed by atoms with Crippen molar-refractivity contribution in [3.63, 3.8) is 0 Å². The summed E-state index contributed by atoms with van der Waals surface area (Å²) in [6, 6.07) is 0.0451. The average Bonchev–Trinajstić information content (AvgIpc) is 2.27. The van der Waals surface area contributed by atoms with E-state index in [1.54, 1.807) is 0 Å². The lowest BCUT2D eigenvalue weighted by atomic mass is 9.81. The Morgan fingerprint density at radius 2 is 1.82 bits per heavy atom. The third-order valence-corrected chi connectivity index (χ3v) is 3.97. The summed E-state index contributed by atoms with van der Waals surface area (Å²) in [6.45, 7) is 4.48. The second-order valence-electron chi connectivity index (χ2n) is 4.68. The van der Waals surface area contributed by atoms with Gasteiger partial charge in [0.1, 0.15) is 0 Å². The average molecular weight is 155 g/mol. The van der Waals surface area contributed by atoms with Crippen molar-refractivity contribution in [1.29, 1.82) is 0 Å². The van der Waals surface area contributed by atoms with Gasteiger partial charge in [-0.3, -0.25) is 0 Å². The van der Waals surface area contributed by atoms with Crippen LogP contribution in [0.15, 0.2) is 0 Å². The van der Waals surface area contributed by atoms with Crippen molar-refractivity contribution in [2.75, 3.05) is 0 Å². The lowest BCUT2D eigenvalue weighted by molar-refractivity contribution is 0.0825. The van der Waals surface area contributed by atoms with Crippen LogP contribution in [0.3, 0.4) is 0 Å². The number of nitrogens with two attached hydrogens (primary N) is 1. The fourth-order valence-corrected chi connectivity index (χ4v) is 3.18. The first kappa shape index (κ1) is 7.56. The highest BCUT2D eigenvalue weighted by molar-refractivity contribution is 5.09. The van der Waals surface area contributed by atoms with Gasteiger partial charge in [-0.1, -0.05) is 13.8 Å². The molecule has 2 saturated carbocycles. The van der Waals surface area contributed by atoms with Crippen LogP contribution in [0.25, 0.3) is 0 Å². The summed E-state index contributed by atoms with van der Waals surface area (Å²) < 4.78 is 0. The van der Waals surface area contributed by atoms with E-state index in [9.17, 15) is 5.11 Å². The Morgan fingerprint density at radius 1 is 1.27 bits per heavy atom.